The van der Waals surface area contributed by atoms with Crippen LogP contribution >= 0.6 is 0 Å². The van der Waals surface area contributed by atoms with Gasteiger partial charge in [0.05, 0.1) is 6.04 Å². The highest BCUT2D eigenvalue weighted by atomic mass is 16.2. The minimum atomic E-state index is -0.351. The third-order valence-electron chi connectivity index (χ3n) is 5.26. The van der Waals surface area contributed by atoms with Crippen molar-refractivity contribution in [2.24, 2.45) is 0 Å². The van der Waals surface area contributed by atoms with Crippen molar-refractivity contribution in [2.75, 3.05) is 6.54 Å². The smallest absolute Gasteiger partial charge is 0.321 e. The maximum atomic E-state index is 12.4. The van der Waals surface area contributed by atoms with Gasteiger partial charge in [0.1, 0.15) is 0 Å². The van der Waals surface area contributed by atoms with Crippen LogP contribution in [0, 0.1) is 0 Å². The molecule has 2 aliphatic rings. The van der Waals surface area contributed by atoms with Crippen molar-refractivity contribution >= 4 is 11.9 Å². The second-order valence-corrected chi connectivity index (χ2v) is 6.96. The maximum Gasteiger partial charge on any atom is 0.321 e. The Morgan fingerprint density at radius 2 is 1.83 bits per heavy atom. The van der Waals surface area contributed by atoms with Gasteiger partial charge in [-0.15, -0.1) is 0 Å². The summed E-state index contributed by atoms with van der Waals surface area (Å²) in [6, 6.07) is 7.90. The molecule has 2 N–H and O–H groups in total. The van der Waals surface area contributed by atoms with Crippen molar-refractivity contribution in [2.45, 2.75) is 64.1 Å². The molecule has 5 heteroatoms. The molecular weight excluding hydrogens is 302 g/mol. The second kappa shape index (κ2) is 7.79. The normalized spacial score (nSPS) is 20.0. The van der Waals surface area contributed by atoms with E-state index in [-0.39, 0.29) is 24.0 Å². The van der Waals surface area contributed by atoms with Gasteiger partial charge in [0.15, 0.2) is 0 Å². The Kier molecular flexibility index (Phi) is 5.51. The number of nitrogens with zero attached hydrogens (tertiary/aromatic N) is 1. The van der Waals surface area contributed by atoms with Gasteiger partial charge < -0.3 is 5.32 Å². The summed E-state index contributed by atoms with van der Waals surface area (Å²) in [7, 11) is 0. The third-order valence-corrected chi connectivity index (χ3v) is 5.26. The highest BCUT2D eigenvalue weighted by Gasteiger charge is 2.26. The fourth-order valence-corrected chi connectivity index (χ4v) is 3.70. The van der Waals surface area contributed by atoms with E-state index in [4.69, 9.17) is 0 Å². The first-order valence-corrected chi connectivity index (χ1v) is 9.05. The van der Waals surface area contributed by atoms with Crippen LogP contribution < -0.4 is 10.6 Å². The summed E-state index contributed by atoms with van der Waals surface area (Å²) in [6.07, 6.45) is 6.53. The van der Waals surface area contributed by atoms with Gasteiger partial charge in [0, 0.05) is 19.1 Å². The van der Waals surface area contributed by atoms with Crippen LogP contribution in [0.3, 0.4) is 0 Å². The minimum absolute atomic E-state index is 0.212. The first-order valence-electron chi connectivity index (χ1n) is 9.05. The third kappa shape index (κ3) is 4.15. The fourth-order valence-electron chi connectivity index (χ4n) is 3.70. The van der Waals surface area contributed by atoms with E-state index in [0.29, 0.717) is 0 Å². The van der Waals surface area contributed by atoms with E-state index in [2.05, 4.69) is 33.7 Å². The van der Waals surface area contributed by atoms with Crippen molar-refractivity contribution in [1.29, 1.82) is 0 Å². The van der Waals surface area contributed by atoms with Crippen LogP contribution in [0.1, 0.15) is 50.2 Å². The highest BCUT2D eigenvalue weighted by Crippen LogP contribution is 2.20. The van der Waals surface area contributed by atoms with Crippen LogP contribution in [-0.2, 0) is 17.8 Å². The molecule has 1 aromatic rings. The number of hydrogen-bond donors (Lipinski definition) is 2. The summed E-state index contributed by atoms with van der Waals surface area (Å²) in [5.41, 5.74) is 2.63. The lowest BCUT2D eigenvalue weighted by molar-refractivity contribution is -0.125. The molecule has 130 valence electrons. The molecule has 3 rings (SSSR count). The summed E-state index contributed by atoms with van der Waals surface area (Å²) in [5.74, 6) is -0.220. The summed E-state index contributed by atoms with van der Waals surface area (Å²) in [6.45, 7) is 3.47. The maximum absolute atomic E-state index is 12.4. The Balaban J connectivity index is 1.50. The fraction of sp³-hybridized carbons (Fsp3) is 0.579. The van der Waals surface area contributed by atoms with E-state index in [1.165, 1.54) is 17.5 Å². The Hall–Kier alpha value is -1.88. The SMILES string of the molecule is C[C@@H](C(=O)NC(=O)NC1CCCCC1)N1CCc2ccccc2C1. The zero-order valence-corrected chi connectivity index (χ0v) is 14.4. The molecule has 1 atom stereocenters. The lowest BCUT2D eigenvalue weighted by atomic mass is 9.96. The van der Waals surface area contributed by atoms with Crippen molar-refractivity contribution in [3.63, 3.8) is 0 Å². The number of imide groups is 1. The summed E-state index contributed by atoms with van der Waals surface area (Å²) < 4.78 is 0. The number of benzene rings is 1. The minimum Gasteiger partial charge on any atom is -0.335 e. The van der Waals surface area contributed by atoms with Crippen LogP contribution in [-0.4, -0.2) is 35.5 Å². The summed E-state index contributed by atoms with van der Waals surface area (Å²) >= 11 is 0. The highest BCUT2D eigenvalue weighted by molar-refractivity contribution is 5.96. The van der Waals surface area contributed by atoms with E-state index in [1.54, 1.807) is 0 Å². The first kappa shape index (κ1) is 17.0. The number of rotatable bonds is 3. The first-order chi connectivity index (χ1) is 11.6. The van der Waals surface area contributed by atoms with Crippen LogP contribution in [0.15, 0.2) is 24.3 Å². The molecule has 24 heavy (non-hydrogen) atoms. The molecule has 1 aliphatic heterocycles. The molecule has 0 saturated heterocycles. The van der Waals surface area contributed by atoms with Crippen LogP contribution in [0.4, 0.5) is 4.79 Å². The number of carbonyl (C=O) groups is 2. The second-order valence-electron chi connectivity index (χ2n) is 6.96. The molecule has 1 saturated carbocycles. The van der Waals surface area contributed by atoms with Crippen molar-refractivity contribution in [3.8, 4) is 0 Å². The predicted octanol–water partition coefficient (Wildman–Crippen LogP) is 2.59. The monoisotopic (exact) mass is 329 g/mol. The molecule has 0 aromatic heterocycles. The quantitative estimate of drug-likeness (QED) is 0.896. The lowest BCUT2D eigenvalue weighted by Gasteiger charge is -2.32. The van der Waals surface area contributed by atoms with Crippen molar-refractivity contribution in [3.05, 3.63) is 35.4 Å². The van der Waals surface area contributed by atoms with Crippen molar-refractivity contribution in [1.82, 2.24) is 15.5 Å². The molecule has 1 heterocycles. The van der Waals surface area contributed by atoms with Crippen LogP contribution in [0.2, 0.25) is 0 Å². The van der Waals surface area contributed by atoms with E-state index >= 15 is 0 Å². The standard InChI is InChI=1S/C19H27N3O2/c1-14(22-12-11-15-7-5-6-8-16(15)13-22)18(23)21-19(24)20-17-9-3-2-4-10-17/h5-8,14,17H,2-4,9-13H2,1H3,(H2,20,21,23,24)/t14-/m0/s1. The molecule has 0 spiro atoms. The van der Waals surface area contributed by atoms with E-state index in [9.17, 15) is 9.59 Å². The summed E-state index contributed by atoms with van der Waals surface area (Å²) in [5, 5.41) is 5.45. The van der Waals surface area contributed by atoms with E-state index in [1.807, 2.05) is 13.0 Å². The number of fused-ring (bicyclic) bond motifs is 1. The molecule has 0 bridgehead atoms. The largest absolute Gasteiger partial charge is 0.335 e. The predicted molar refractivity (Wildman–Crippen MR) is 93.6 cm³/mol. The average Bonchev–Trinajstić information content (AvgIpc) is 2.61. The Morgan fingerprint density at radius 1 is 1.12 bits per heavy atom. The lowest BCUT2D eigenvalue weighted by Crippen LogP contribution is -2.52. The summed E-state index contributed by atoms with van der Waals surface area (Å²) in [4.78, 5) is 26.6. The molecule has 1 fully saturated rings. The van der Waals surface area contributed by atoms with Gasteiger partial charge in [-0.1, -0.05) is 43.5 Å². The Bertz CT molecular complexity index is 596. The number of hydrogen-bond acceptors (Lipinski definition) is 3. The number of urea groups is 1. The van der Waals surface area contributed by atoms with Gasteiger partial charge in [0.2, 0.25) is 5.91 Å². The topological polar surface area (TPSA) is 61.4 Å². The Morgan fingerprint density at radius 3 is 2.58 bits per heavy atom. The van der Waals surface area contributed by atoms with Crippen molar-refractivity contribution < 1.29 is 9.59 Å². The van der Waals surface area contributed by atoms with E-state index in [0.717, 1.165) is 45.2 Å². The van der Waals surface area contributed by atoms with Gasteiger partial charge in [-0.2, -0.15) is 0 Å². The molecular formula is C19H27N3O2. The number of amides is 3. The van der Waals surface area contributed by atoms with Gasteiger partial charge in [-0.05, 0) is 37.3 Å². The van der Waals surface area contributed by atoms with E-state index < -0.39 is 0 Å². The molecule has 1 aromatic carbocycles. The molecule has 3 amide bonds. The molecule has 5 nitrogen and oxygen atoms in total. The number of carbonyl (C=O) groups excluding carboxylic acids is 2. The molecule has 0 unspecified atom stereocenters. The zero-order valence-electron chi connectivity index (χ0n) is 14.4. The van der Waals surface area contributed by atoms with Crippen LogP contribution in [0.5, 0.6) is 0 Å². The average molecular weight is 329 g/mol. The number of nitrogens with one attached hydrogen (secondary N) is 2. The van der Waals surface area contributed by atoms with Gasteiger partial charge in [-0.3, -0.25) is 15.0 Å². The Labute approximate surface area is 143 Å². The van der Waals surface area contributed by atoms with Gasteiger partial charge >= 0.3 is 6.03 Å². The zero-order chi connectivity index (χ0) is 16.9. The molecule has 1 aliphatic carbocycles. The van der Waals surface area contributed by atoms with Crippen LogP contribution in [0.25, 0.3) is 0 Å². The van der Waals surface area contributed by atoms with Gasteiger partial charge in [0.25, 0.3) is 0 Å². The molecule has 0 radical (unpaired) electrons. The van der Waals surface area contributed by atoms with Gasteiger partial charge in [-0.25, -0.2) is 4.79 Å².